The number of aromatic nitrogens is 2. The number of aromatic amines is 1. The Morgan fingerprint density at radius 1 is 1.00 bits per heavy atom. The molecule has 25 heavy (non-hydrogen) atoms. The number of hydrogen-bond acceptors (Lipinski definition) is 2. The summed E-state index contributed by atoms with van der Waals surface area (Å²) in [4.78, 5) is 2.62. The average molecular weight is 329 g/mol. The van der Waals surface area contributed by atoms with Gasteiger partial charge in [0.1, 0.15) is 0 Å². The zero-order valence-corrected chi connectivity index (χ0v) is 14.4. The lowest BCUT2D eigenvalue weighted by Crippen LogP contribution is -2.32. The third-order valence-corrected chi connectivity index (χ3v) is 5.70. The van der Waals surface area contributed by atoms with E-state index in [1.165, 1.54) is 41.0 Å². The van der Waals surface area contributed by atoms with Crippen LogP contribution in [0.1, 0.15) is 29.2 Å². The summed E-state index contributed by atoms with van der Waals surface area (Å²) >= 11 is 0. The molecule has 1 aliphatic heterocycles. The predicted molar refractivity (Wildman–Crippen MR) is 100 cm³/mol. The molecule has 0 spiro atoms. The van der Waals surface area contributed by atoms with E-state index in [4.69, 9.17) is 0 Å². The second-order valence-corrected chi connectivity index (χ2v) is 7.39. The molecule has 126 valence electrons. The first-order valence-corrected chi connectivity index (χ1v) is 9.27. The fourth-order valence-corrected chi connectivity index (χ4v) is 4.24. The van der Waals surface area contributed by atoms with Gasteiger partial charge in [-0.3, -0.25) is 10.00 Å². The van der Waals surface area contributed by atoms with Gasteiger partial charge < -0.3 is 0 Å². The van der Waals surface area contributed by atoms with Gasteiger partial charge >= 0.3 is 0 Å². The first-order valence-electron chi connectivity index (χ1n) is 9.27. The van der Waals surface area contributed by atoms with Crippen molar-refractivity contribution in [3.8, 4) is 11.3 Å². The first kappa shape index (κ1) is 14.9. The molecule has 3 aromatic rings. The molecule has 0 amide bonds. The maximum Gasteiger partial charge on any atom is 0.0698 e. The molecule has 1 aliphatic carbocycles. The van der Waals surface area contributed by atoms with Gasteiger partial charge in [-0.15, -0.1) is 0 Å². The van der Waals surface area contributed by atoms with Crippen LogP contribution in [0.2, 0.25) is 0 Å². The Bertz CT molecular complexity index is 853. The van der Waals surface area contributed by atoms with E-state index in [9.17, 15) is 0 Å². The molecule has 0 saturated heterocycles. The zero-order valence-electron chi connectivity index (χ0n) is 14.4. The molecule has 1 fully saturated rings. The van der Waals surface area contributed by atoms with Crippen molar-refractivity contribution in [2.45, 2.75) is 25.3 Å². The molecular weight excluding hydrogens is 306 g/mol. The largest absolute Gasteiger partial charge is 0.298 e. The molecule has 2 unspecified atom stereocenters. The monoisotopic (exact) mass is 329 g/mol. The molecule has 0 radical (unpaired) electrons. The van der Waals surface area contributed by atoms with Crippen LogP contribution in [-0.4, -0.2) is 28.2 Å². The zero-order chi connectivity index (χ0) is 16.6. The number of nitrogens with one attached hydrogen (secondary N) is 1. The highest BCUT2D eigenvalue weighted by Crippen LogP contribution is 2.48. The van der Waals surface area contributed by atoms with Crippen molar-refractivity contribution in [3.63, 3.8) is 0 Å². The van der Waals surface area contributed by atoms with Gasteiger partial charge in [-0.2, -0.15) is 5.10 Å². The summed E-state index contributed by atoms with van der Waals surface area (Å²) in [6.07, 6.45) is 2.39. The van der Waals surface area contributed by atoms with Gasteiger partial charge in [-0.1, -0.05) is 60.7 Å². The normalized spacial score (nSPS) is 22.6. The van der Waals surface area contributed by atoms with Crippen LogP contribution in [-0.2, 0) is 13.0 Å². The van der Waals surface area contributed by atoms with Crippen LogP contribution in [0.4, 0.5) is 0 Å². The minimum Gasteiger partial charge on any atom is -0.298 e. The van der Waals surface area contributed by atoms with E-state index in [-0.39, 0.29) is 0 Å². The number of hydrogen-bond donors (Lipinski definition) is 1. The summed E-state index contributed by atoms with van der Waals surface area (Å²) < 4.78 is 0. The van der Waals surface area contributed by atoms with Gasteiger partial charge in [0.15, 0.2) is 0 Å². The van der Waals surface area contributed by atoms with Crippen molar-refractivity contribution in [2.24, 2.45) is 5.92 Å². The quantitative estimate of drug-likeness (QED) is 0.776. The summed E-state index contributed by atoms with van der Waals surface area (Å²) in [5, 5.41) is 7.85. The van der Waals surface area contributed by atoms with E-state index < -0.39 is 0 Å². The van der Waals surface area contributed by atoms with Crippen molar-refractivity contribution < 1.29 is 0 Å². The maximum atomic E-state index is 4.57. The predicted octanol–water partition coefficient (Wildman–Crippen LogP) is 4.24. The summed E-state index contributed by atoms with van der Waals surface area (Å²) in [5.74, 6) is 1.58. The molecule has 1 aromatic heterocycles. The van der Waals surface area contributed by atoms with Gasteiger partial charge in [-0.25, -0.2) is 0 Å². The Kier molecular flexibility index (Phi) is 3.67. The molecule has 0 bridgehead atoms. The Morgan fingerprint density at radius 2 is 1.76 bits per heavy atom. The van der Waals surface area contributed by atoms with E-state index in [0.29, 0.717) is 0 Å². The molecule has 1 saturated carbocycles. The first-order chi connectivity index (χ1) is 12.4. The third-order valence-electron chi connectivity index (χ3n) is 5.70. The smallest absolute Gasteiger partial charge is 0.0698 e. The van der Waals surface area contributed by atoms with Crippen molar-refractivity contribution in [1.29, 1.82) is 0 Å². The molecule has 2 heterocycles. The Labute approximate surface area is 148 Å². The van der Waals surface area contributed by atoms with E-state index in [0.717, 1.165) is 31.3 Å². The van der Waals surface area contributed by atoms with Crippen LogP contribution in [0.5, 0.6) is 0 Å². The highest BCUT2D eigenvalue weighted by Gasteiger charge is 2.39. The van der Waals surface area contributed by atoms with Crippen LogP contribution in [0.15, 0.2) is 60.7 Å². The molecule has 1 N–H and O–H groups in total. The topological polar surface area (TPSA) is 31.9 Å². The molecule has 3 nitrogen and oxygen atoms in total. The molecule has 3 heteroatoms. The van der Waals surface area contributed by atoms with E-state index in [2.05, 4.69) is 75.8 Å². The fraction of sp³-hybridized carbons (Fsp3) is 0.318. The Morgan fingerprint density at radius 3 is 2.56 bits per heavy atom. The number of nitrogens with zero attached hydrogens (tertiary/aromatic N) is 2. The van der Waals surface area contributed by atoms with E-state index >= 15 is 0 Å². The van der Waals surface area contributed by atoms with Gasteiger partial charge in [-0.05, 0) is 29.4 Å². The van der Waals surface area contributed by atoms with Gasteiger partial charge in [0.25, 0.3) is 0 Å². The second-order valence-electron chi connectivity index (χ2n) is 7.39. The lowest BCUT2D eigenvalue weighted by molar-refractivity contribution is 0.242. The molecule has 2 aromatic carbocycles. The summed E-state index contributed by atoms with van der Waals surface area (Å²) in [5.41, 5.74) is 6.61. The summed E-state index contributed by atoms with van der Waals surface area (Å²) in [6.45, 7) is 3.36. The van der Waals surface area contributed by atoms with Crippen molar-refractivity contribution in [2.75, 3.05) is 13.1 Å². The van der Waals surface area contributed by atoms with Crippen LogP contribution in [0.3, 0.4) is 0 Å². The van der Waals surface area contributed by atoms with Crippen molar-refractivity contribution in [3.05, 3.63) is 77.5 Å². The van der Waals surface area contributed by atoms with Crippen LogP contribution < -0.4 is 0 Å². The second kappa shape index (κ2) is 6.16. The van der Waals surface area contributed by atoms with Gasteiger partial charge in [0.05, 0.1) is 11.4 Å². The number of H-pyrrole nitrogens is 1. The van der Waals surface area contributed by atoms with Crippen molar-refractivity contribution >= 4 is 0 Å². The average Bonchev–Trinajstić information content (AvgIpc) is 3.31. The Balaban J connectivity index is 1.30. The van der Waals surface area contributed by atoms with Gasteiger partial charge in [0.2, 0.25) is 0 Å². The SMILES string of the molecule is c1ccc(-c2[nH]nc3c2CN(CC2CC2c2ccccc2)CC3)cc1. The van der Waals surface area contributed by atoms with Crippen LogP contribution in [0.25, 0.3) is 11.3 Å². The molecule has 5 rings (SSSR count). The highest BCUT2D eigenvalue weighted by molar-refractivity contribution is 5.64. The number of rotatable bonds is 4. The van der Waals surface area contributed by atoms with Crippen molar-refractivity contribution in [1.82, 2.24) is 15.1 Å². The van der Waals surface area contributed by atoms with E-state index in [1.54, 1.807) is 0 Å². The van der Waals surface area contributed by atoms with Crippen LogP contribution >= 0.6 is 0 Å². The highest BCUT2D eigenvalue weighted by atomic mass is 15.2. The summed E-state index contributed by atoms with van der Waals surface area (Å²) in [6, 6.07) is 21.6. The summed E-state index contributed by atoms with van der Waals surface area (Å²) in [7, 11) is 0. The molecule has 2 aliphatic rings. The molecule has 2 atom stereocenters. The third kappa shape index (κ3) is 2.89. The Hall–Kier alpha value is -2.39. The lowest BCUT2D eigenvalue weighted by Gasteiger charge is -2.27. The fourth-order valence-electron chi connectivity index (χ4n) is 4.24. The number of fused-ring (bicyclic) bond motifs is 1. The standard InChI is InChI=1S/C22H23N3/c1-3-7-16(8-4-1)19-13-18(19)14-25-12-11-21-20(15-25)22(24-23-21)17-9-5-2-6-10-17/h1-10,18-19H,11-15H2,(H,23,24). The minimum absolute atomic E-state index is 0.764. The minimum atomic E-state index is 0.764. The van der Waals surface area contributed by atoms with E-state index in [1.807, 2.05) is 0 Å². The van der Waals surface area contributed by atoms with Crippen LogP contribution in [0, 0.1) is 5.92 Å². The lowest BCUT2D eigenvalue weighted by atomic mass is 10.0. The maximum absolute atomic E-state index is 4.57. The molecular formula is C22H23N3. The number of benzene rings is 2. The van der Waals surface area contributed by atoms with Gasteiger partial charge in [0, 0.05) is 31.6 Å².